The molecular weight excluding hydrogens is 416 g/mol. The summed E-state index contributed by atoms with van der Waals surface area (Å²) in [5, 5.41) is 18.2. The second kappa shape index (κ2) is 8.84. The SMILES string of the molecule is COc1ccc2[nH]cc(CCNc3ncc(C)c(Nc4ccc5[nH]c(CO)cc5c4)n3)c2c1. The number of H-pyrrole nitrogens is 2. The molecule has 3 aromatic heterocycles. The summed E-state index contributed by atoms with van der Waals surface area (Å²) in [7, 11) is 1.68. The first kappa shape index (κ1) is 20.8. The lowest BCUT2D eigenvalue weighted by Gasteiger charge is -2.11. The molecule has 33 heavy (non-hydrogen) atoms. The lowest BCUT2D eigenvalue weighted by Crippen LogP contribution is -2.09. The third-order valence-corrected chi connectivity index (χ3v) is 5.73. The molecule has 0 amide bonds. The molecule has 0 aliphatic heterocycles. The molecule has 0 bridgehead atoms. The molecule has 0 spiro atoms. The van der Waals surface area contributed by atoms with Crippen LogP contribution in [0.2, 0.25) is 0 Å². The summed E-state index contributed by atoms with van der Waals surface area (Å²) in [5.41, 5.74) is 5.96. The first-order chi connectivity index (χ1) is 16.1. The minimum absolute atomic E-state index is 0.0103. The highest BCUT2D eigenvalue weighted by atomic mass is 16.5. The van der Waals surface area contributed by atoms with Crippen molar-refractivity contribution in [3.05, 3.63) is 71.7 Å². The summed E-state index contributed by atoms with van der Waals surface area (Å²) in [5.74, 6) is 2.17. The van der Waals surface area contributed by atoms with E-state index in [9.17, 15) is 5.11 Å². The van der Waals surface area contributed by atoms with E-state index < -0.39 is 0 Å². The van der Waals surface area contributed by atoms with Crippen LogP contribution in [-0.2, 0) is 13.0 Å². The third-order valence-electron chi connectivity index (χ3n) is 5.73. The van der Waals surface area contributed by atoms with Crippen LogP contribution in [0.5, 0.6) is 5.75 Å². The Morgan fingerprint density at radius 3 is 2.82 bits per heavy atom. The Bertz CT molecular complexity index is 1420. The number of nitrogens with one attached hydrogen (secondary N) is 4. The van der Waals surface area contributed by atoms with Gasteiger partial charge in [-0.1, -0.05) is 0 Å². The zero-order valence-electron chi connectivity index (χ0n) is 18.6. The largest absolute Gasteiger partial charge is 0.497 e. The number of aryl methyl sites for hydroxylation is 1. The van der Waals surface area contributed by atoms with Gasteiger partial charge in [0.1, 0.15) is 11.6 Å². The number of anilines is 3. The van der Waals surface area contributed by atoms with Gasteiger partial charge in [0.05, 0.1) is 13.7 Å². The Kier molecular flexibility index (Phi) is 5.58. The van der Waals surface area contributed by atoms with Crippen molar-refractivity contribution in [2.24, 2.45) is 0 Å². The number of benzene rings is 2. The van der Waals surface area contributed by atoms with Crippen LogP contribution < -0.4 is 15.4 Å². The third kappa shape index (κ3) is 4.33. The first-order valence-corrected chi connectivity index (χ1v) is 10.8. The maximum atomic E-state index is 9.34. The van der Waals surface area contributed by atoms with Crippen LogP contribution in [0.4, 0.5) is 17.5 Å². The predicted molar refractivity (Wildman–Crippen MR) is 131 cm³/mol. The average Bonchev–Trinajstić information content (AvgIpc) is 3.44. The molecule has 2 aromatic carbocycles. The first-order valence-electron chi connectivity index (χ1n) is 10.8. The minimum Gasteiger partial charge on any atom is -0.497 e. The predicted octanol–water partition coefficient (Wildman–Crippen LogP) is 4.65. The minimum atomic E-state index is -0.0103. The van der Waals surface area contributed by atoms with Crippen LogP contribution >= 0.6 is 0 Å². The van der Waals surface area contributed by atoms with Gasteiger partial charge in [-0.05, 0) is 61.4 Å². The van der Waals surface area contributed by atoms with E-state index in [1.807, 2.05) is 55.7 Å². The fourth-order valence-electron chi connectivity index (χ4n) is 3.95. The maximum absolute atomic E-state index is 9.34. The molecule has 8 heteroatoms. The molecule has 8 nitrogen and oxygen atoms in total. The smallest absolute Gasteiger partial charge is 0.224 e. The summed E-state index contributed by atoms with van der Waals surface area (Å²) < 4.78 is 5.35. The number of ether oxygens (including phenoxy) is 1. The van der Waals surface area contributed by atoms with Crippen molar-refractivity contribution >= 4 is 39.3 Å². The average molecular weight is 443 g/mol. The van der Waals surface area contributed by atoms with Crippen molar-refractivity contribution in [1.29, 1.82) is 0 Å². The maximum Gasteiger partial charge on any atom is 0.224 e. The van der Waals surface area contributed by atoms with Crippen molar-refractivity contribution in [3.8, 4) is 5.75 Å². The number of rotatable bonds is 8. The Hall–Kier alpha value is -4.04. The summed E-state index contributed by atoms with van der Waals surface area (Å²) >= 11 is 0. The standard InChI is InChI=1S/C25H26N6O2/c1-15-12-28-25(26-8-7-16-13-27-23-6-4-20(33-2)11-21(16)23)31-24(15)30-18-3-5-22-17(9-18)10-19(14-32)29-22/h3-6,9-13,27,29,32H,7-8,14H2,1-2H3,(H2,26,28,30,31). The molecule has 3 heterocycles. The Morgan fingerprint density at radius 1 is 1.09 bits per heavy atom. The van der Waals surface area contributed by atoms with E-state index in [4.69, 9.17) is 4.74 Å². The van der Waals surface area contributed by atoms with Crippen molar-refractivity contribution in [2.45, 2.75) is 20.0 Å². The molecular formula is C25H26N6O2. The second-order valence-corrected chi connectivity index (χ2v) is 8.01. The zero-order valence-corrected chi connectivity index (χ0v) is 18.6. The summed E-state index contributed by atoms with van der Waals surface area (Å²) in [6, 6.07) is 14.0. The fraction of sp³-hybridized carbons (Fsp3) is 0.200. The molecule has 0 fully saturated rings. The van der Waals surface area contributed by atoms with E-state index in [1.165, 1.54) is 5.56 Å². The normalized spacial score (nSPS) is 11.2. The lowest BCUT2D eigenvalue weighted by atomic mass is 10.1. The van der Waals surface area contributed by atoms with Gasteiger partial charge in [-0.15, -0.1) is 0 Å². The van der Waals surface area contributed by atoms with Crippen LogP contribution in [0, 0.1) is 6.92 Å². The van der Waals surface area contributed by atoms with Crippen molar-refractivity contribution in [3.63, 3.8) is 0 Å². The van der Waals surface area contributed by atoms with Gasteiger partial charge < -0.3 is 30.4 Å². The summed E-state index contributed by atoms with van der Waals surface area (Å²) in [6.07, 6.45) is 4.67. The van der Waals surface area contributed by atoms with Crippen molar-refractivity contribution in [2.75, 3.05) is 24.3 Å². The van der Waals surface area contributed by atoms with E-state index >= 15 is 0 Å². The zero-order chi connectivity index (χ0) is 22.8. The molecule has 5 rings (SSSR count). The van der Waals surface area contributed by atoms with E-state index in [0.717, 1.165) is 56.7 Å². The number of aromatic nitrogens is 4. The number of aliphatic hydroxyl groups is 1. The second-order valence-electron chi connectivity index (χ2n) is 8.01. The van der Waals surface area contributed by atoms with E-state index in [0.29, 0.717) is 12.5 Å². The van der Waals surface area contributed by atoms with E-state index in [1.54, 1.807) is 7.11 Å². The number of nitrogens with zero attached hydrogens (tertiary/aromatic N) is 2. The topological polar surface area (TPSA) is 111 Å². The van der Waals surface area contributed by atoms with Gasteiger partial charge in [0.25, 0.3) is 0 Å². The summed E-state index contributed by atoms with van der Waals surface area (Å²) in [4.78, 5) is 15.6. The number of hydrogen-bond acceptors (Lipinski definition) is 6. The molecule has 0 aliphatic carbocycles. The van der Waals surface area contributed by atoms with Crippen LogP contribution in [0.25, 0.3) is 21.8 Å². The van der Waals surface area contributed by atoms with Crippen LogP contribution in [0.3, 0.4) is 0 Å². The van der Waals surface area contributed by atoms with Crippen molar-refractivity contribution in [1.82, 2.24) is 19.9 Å². The Balaban J connectivity index is 1.28. The Labute approximate surface area is 191 Å². The van der Waals surface area contributed by atoms with Gasteiger partial charge in [-0.2, -0.15) is 4.98 Å². The van der Waals surface area contributed by atoms with Crippen LogP contribution in [0.1, 0.15) is 16.8 Å². The highest BCUT2D eigenvalue weighted by Crippen LogP contribution is 2.25. The number of aromatic amines is 2. The van der Waals surface area contributed by atoms with Gasteiger partial charge in [0.15, 0.2) is 0 Å². The molecule has 5 aromatic rings. The highest BCUT2D eigenvalue weighted by molar-refractivity contribution is 5.85. The molecule has 0 unspecified atom stereocenters. The molecule has 0 saturated heterocycles. The molecule has 5 N–H and O–H groups in total. The van der Waals surface area contributed by atoms with Gasteiger partial charge >= 0.3 is 0 Å². The van der Waals surface area contributed by atoms with Crippen molar-refractivity contribution < 1.29 is 9.84 Å². The lowest BCUT2D eigenvalue weighted by molar-refractivity contribution is 0.278. The van der Waals surface area contributed by atoms with Gasteiger partial charge in [0.2, 0.25) is 5.95 Å². The quantitative estimate of drug-likeness (QED) is 0.239. The highest BCUT2D eigenvalue weighted by Gasteiger charge is 2.08. The van der Waals surface area contributed by atoms with E-state index in [2.05, 4.69) is 36.6 Å². The molecule has 0 radical (unpaired) electrons. The van der Waals surface area contributed by atoms with Gasteiger partial charge in [-0.3, -0.25) is 0 Å². The molecule has 0 atom stereocenters. The fourth-order valence-corrected chi connectivity index (χ4v) is 3.95. The molecule has 0 saturated carbocycles. The summed E-state index contributed by atoms with van der Waals surface area (Å²) in [6.45, 7) is 2.67. The number of hydrogen-bond donors (Lipinski definition) is 5. The van der Waals surface area contributed by atoms with Crippen LogP contribution in [0.15, 0.2) is 54.9 Å². The Morgan fingerprint density at radius 2 is 1.97 bits per heavy atom. The van der Waals surface area contributed by atoms with E-state index in [-0.39, 0.29) is 6.61 Å². The number of methoxy groups -OCH3 is 1. The molecule has 168 valence electrons. The monoisotopic (exact) mass is 442 g/mol. The van der Waals surface area contributed by atoms with Gasteiger partial charge in [0, 0.05) is 57.7 Å². The molecule has 0 aliphatic rings. The van der Waals surface area contributed by atoms with Crippen LogP contribution in [-0.4, -0.2) is 38.7 Å². The number of aliphatic hydroxyl groups excluding tert-OH is 1. The van der Waals surface area contributed by atoms with Gasteiger partial charge in [-0.25, -0.2) is 4.98 Å². The number of fused-ring (bicyclic) bond motifs is 2.